The fourth-order valence-corrected chi connectivity index (χ4v) is 2.26. The van der Waals surface area contributed by atoms with Crippen LogP contribution in [0.15, 0.2) is 0 Å². The standard InChI is InChI=1S/C12H21N3O4/c1-7(2)6-8(11(17)18)14-10(16)9-4-3-5-15(9)12(13)19/h7-9H,3-6H2,1-2H3,(H2,13,19)(H,14,16)(H,17,18)/t8-,9+/m1/s1. The van der Waals surface area contributed by atoms with E-state index in [0.717, 1.165) is 0 Å². The highest BCUT2D eigenvalue weighted by atomic mass is 16.4. The quantitative estimate of drug-likeness (QED) is 0.660. The molecule has 0 saturated carbocycles. The Morgan fingerprint density at radius 3 is 2.53 bits per heavy atom. The van der Waals surface area contributed by atoms with Crippen LogP contribution in [0.25, 0.3) is 0 Å². The van der Waals surface area contributed by atoms with Gasteiger partial charge < -0.3 is 21.1 Å². The van der Waals surface area contributed by atoms with E-state index in [0.29, 0.717) is 25.8 Å². The van der Waals surface area contributed by atoms with Crippen LogP contribution in [0.3, 0.4) is 0 Å². The maximum atomic E-state index is 12.0. The summed E-state index contributed by atoms with van der Waals surface area (Å²) in [4.78, 5) is 35.6. The molecule has 0 aromatic heterocycles. The second kappa shape index (κ2) is 6.40. The van der Waals surface area contributed by atoms with Crippen LogP contribution in [-0.4, -0.2) is 46.5 Å². The lowest BCUT2D eigenvalue weighted by molar-refractivity contribution is -0.142. The molecule has 1 aliphatic rings. The SMILES string of the molecule is CC(C)C[C@@H](NC(=O)[C@@H]1CCCN1C(N)=O)C(=O)O. The molecule has 7 heteroatoms. The Hall–Kier alpha value is -1.79. The maximum Gasteiger partial charge on any atom is 0.326 e. The second-order valence-electron chi connectivity index (χ2n) is 5.22. The first-order chi connectivity index (χ1) is 8.82. The highest BCUT2D eigenvalue weighted by Gasteiger charge is 2.34. The van der Waals surface area contributed by atoms with E-state index in [4.69, 9.17) is 10.8 Å². The summed E-state index contributed by atoms with van der Waals surface area (Å²) in [5.74, 6) is -1.35. The molecular weight excluding hydrogens is 250 g/mol. The van der Waals surface area contributed by atoms with Crippen molar-refractivity contribution in [2.75, 3.05) is 6.54 Å². The number of amides is 3. The van der Waals surface area contributed by atoms with Crippen molar-refractivity contribution >= 4 is 17.9 Å². The minimum Gasteiger partial charge on any atom is -0.480 e. The zero-order chi connectivity index (χ0) is 14.6. The summed E-state index contributed by atoms with van der Waals surface area (Å²) in [6, 6.07) is -2.22. The normalized spacial score (nSPS) is 20.4. The molecule has 108 valence electrons. The Labute approximate surface area is 112 Å². The number of urea groups is 1. The summed E-state index contributed by atoms with van der Waals surface area (Å²) >= 11 is 0. The van der Waals surface area contributed by atoms with Crippen molar-refractivity contribution in [3.05, 3.63) is 0 Å². The molecule has 1 rings (SSSR count). The lowest BCUT2D eigenvalue weighted by Gasteiger charge is -2.24. The topological polar surface area (TPSA) is 113 Å². The van der Waals surface area contributed by atoms with Crippen LogP contribution in [0.5, 0.6) is 0 Å². The van der Waals surface area contributed by atoms with E-state index in [-0.39, 0.29) is 5.92 Å². The molecule has 1 fully saturated rings. The molecule has 1 heterocycles. The van der Waals surface area contributed by atoms with Gasteiger partial charge in [-0.15, -0.1) is 0 Å². The molecule has 7 nitrogen and oxygen atoms in total. The Kier molecular flexibility index (Phi) is 5.14. The molecule has 0 unspecified atom stereocenters. The van der Waals surface area contributed by atoms with Gasteiger partial charge in [-0.05, 0) is 25.2 Å². The highest BCUT2D eigenvalue weighted by molar-refractivity contribution is 5.90. The first-order valence-corrected chi connectivity index (χ1v) is 6.42. The van der Waals surface area contributed by atoms with Gasteiger partial charge in [-0.25, -0.2) is 9.59 Å². The van der Waals surface area contributed by atoms with Gasteiger partial charge in [-0.1, -0.05) is 13.8 Å². The molecule has 0 aromatic rings. The monoisotopic (exact) mass is 271 g/mol. The molecule has 0 spiro atoms. The Morgan fingerprint density at radius 1 is 1.42 bits per heavy atom. The van der Waals surface area contributed by atoms with Crippen molar-refractivity contribution < 1.29 is 19.5 Å². The molecule has 0 bridgehead atoms. The van der Waals surface area contributed by atoms with Gasteiger partial charge in [-0.3, -0.25) is 4.79 Å². The summed E-state index contributed by atoms with van der Waals surface area (Å²) < 4.78 is 0. The van der Waals surface area contributed by atoms with Gasteiger partial charge in [-0.2, -0.15) is 0 Å². The van der Waals surface area contributed by atoms with Crippen LogP contribution >= 0.6 is 0 Å². The van der Waals surface area contributed by atoms with Gasteiger partial charge in [0.05, 0.1) is 0 Å². The number of nitrogens with zero attached hydrogens (tertiary/aromatic N) is 1. The molecule has 1 saturated heterocycles. The van der Waals surface area contributed by atoms with Crippen LogP contribution < -0.4 is 11.1 Å². The lowest BCUT2D eigenvalue weighted by atomic mass is 10.0. The maximum absolute atomic E-state index is 12.0. The van der Waals surface area contributed by atoms with Crippen molar-refractivity contribution in [1.82, 2.24) is 10.2 Å². The number of nitrogens with two attached hydrogens (primary N) is 1. The molecule has 0 radical (unpaired) electrons. The number of rotatable bonds is 5. The number of primary amides is 1. The number of carbonyl (C=O) groups is 3. The van der Waals surface area contributed by atoms with Gasteiger partial charge in [0, 0.05) is 6.54 Å². The van der Waals surface area contributed by atoms with Crippen molar-refractivity contribution in [2.24, 2.45) is 11.7 Å². The van der Waals surface area contributed by atoms with Crippen molar-refractivity contribution in [3.8, 4) is 0 Å². The van der Waals surface area contributed by atoms with Crippen LogP contribution in [0.4, 0.5) is 4.79 Å². The fourth-order valence-electron chi connectivity index (χ4n) is 2.26. The first kappa shape index (κ1) is 15.3. The predicted octanol–water partition coefficient (Wildman–Crippen LogP) is 0.145. The molecule has 0 aliphatic carbocycles. The molecule has 3 amide bonds. The molecule has 19 heavy (non-hydrogen) atoms. The number of hydrogen-bond acceptors (Lipinski definition) is 3. The average molecular weight is 271 g/mol. The number of carbonyl (C=O) groups excluding carboxylic acids is 2. The summed E-state index contributed by atoms with van der Waals surface area (Å²) in [6.07, 6.45) is 1.57. The van der Waals surface area contributed by atoms with E-state index in [1.807, 2.05) is 13.8 Å². The second-order valence-corrected chi connectivity index (χ2v) is 5.22. The number of nitrogens with one attached hydrogen (secondary N) is 1. The summed E-state index contributed by atoms with van der Waals surface area (Å²) in [5, 5.41) is 11.6. The van der Waals surface area contributed by atoms with E-state index < -0.39 is 30.0 Å². The largest absolute Gasteiger partial charge is 0.480 e. The average Bonchev–Trinajstić information content (AvgIpc) is 2.76. The summed E-state index contributed by atoms with van der Waals surface area (Å²) in [6.45, 7) is 4.20. The molecular formula is C12H21N3O4. The smallest absolute Gasteiger partial charge is 0.326 e. The van der Waals surface area contributed by atoms with E-state index in [1.54, 1.807) is 0 Å². The van der Waals surface area contributed by atoms with Crippen LogP contribution in [0.1, 0.15) is 33.1 Å². The van der Waals surface area contributed by atoms with E-state index in [9.17, 15) is 14.4 Å². The molecule has 2 atom stereocenters. The number of likely N-dealkylation sites (tertiary alicyclic amines) is 1. The van der Waals surface area contributed by atoms with Gasteiger partial charge in [0.15, 0.2) is 0 Å². The van der Waals surface area contributed by atoms with Crippen molar-refractivity contribution in [2.45, 2.75) is 45.2 Å². The molecule has 0 aromatic carbocycles. The van der Waals surface area contributed by atoms with Gasteiger partial charge in [0.2, 0.25) is 5.91 Å². The predicted molar refractivity (Wildman–Crippen MR) is 68.3 cm³/mol. The number of carboxylic acids is 1. The van der Waals surface area contributed by atoms with Crippen molar-refractivity contribution in [3.63, 3.8) is 0 Å². The van der Waals surface area contributed by atoms with E-state index >= 15 is 0 Å². The molecule has 4 N–H and O–H groups in total. The molecule has 1 aliphatic heterocycles. The number of carboxylic acid groups (broad SMARTS) is 1. The zero-order valence-electron chi connectivity index (χ0n) is 11.3. The third-order valence-corrected chi connectivity index (χ3v) is 3.16. The number of aliphatic carboxylic acids is 1. The van der Waals surface area contributed by atoms with Gasteiger partial charge in [0.25, 0.3) is 0 Å². The first-order valence-electron chi connectivity index (χ1n) is 6.42. The van der Waals surface area contributed by atoms with Crippen molar-refractivity contribution in [1.29, 1.82) is 0 Å². The third-order valence-electron chi connectivity index (χ3n) is 3.16. The van der Waals surface area contributed by atoms with E-state index in [2.05, 4.69) is 5.32 Å². The number of hydrogen-bond donors (Lipinski definition) is 3. The Balaban J connectivity index is 2.66. The Bertz CT molecular complexity index is 370. The van der Waals surface area contributed by atoms with Crippen LogP contribution in [0.2, 0.25) is 0 Å². The lowest BCUT2D eigenvalue weighted by Crippen LogP contribution is -2.52. The summed E-state index contributed by atoms with van der Waals surface area (Å²) in [7, 11) is 0. The van der Waals surface area contributed by atoms with Crippen LogP contribution in [0, 0.1) is 5.92 Å². The minimum atomic E-state index is -1.06. The Morgan fingerprint density at radius 2 is 2.05 bits per heavy atom. The van der Waals surface area contributed by atoms with E-state index in [1.165, 1.54) is 4.90 Å². The highest BCUT2D eigenvalue weighted by Crippen LogP contribution is 2.17. The fraction of sp³-hybridized carbons (Fsp3) is 0.750. The van der Waals surface area contributed by atoms with Crippen LogP contribution in [-0.2, 0) is 9.59 Å². The zero-order valence-corrected chi connectivity index (χ0v) is 11.3. The summed E-state index contributed by atoms with van der Waals surface area (Å²) in [5.41, 5.74) is 5.19. The third kappa shape index (κ3) is 4.11. The van der Waals surface area contributed by atoms with Gasteiger partial charge >= 0.3 is 12.0 Å². The minimum absolute atomic E-state index is 0.150. The van der Waals surface area contributed by atoms with Gasteiger partial charge in [0.1, 0.15) is 12.1 Å².